The highest BCUT2D eigenvalue weighted by atomic mass is 16.5. The van der Waals surface area contributed by atoms with Crippen LogP contribution in [0.25, 0.3) is 0 Å². The summed E-state index contributed by atoms with van der Waals surface area (Å²) >= 11 is 0. The van der Waals surface area contributed by atoms with Crippen molar-refractivity contribution in [3.63, 3.8) is 0 Å². The average Bonchev–Trinajstić information content (AvgIpc) is 3.04. The molecule has 0 aromatic carbocycles. The second kappa shape index (κ2) is 19.8. The minimum Gasteiger partial charge on any atom is -0.381 e. The quantitative estimate of drug-likeness (QED) is 0.113. The number of rotatable bonds is 18. The molecule has 2 fully saturated rings. The fourth-order valence-corrected chi connectivity index (χ4v) is 9.85. The Balaban J connectivity index is 1.01. The molecule has 4 rings (SSSR count). The first-order chi connectivity index (χ1) is 21.0. The first-order valence-electron chi connectivity index (χ1n) is 20.0. The van der Waals surface area contributed by atoms with Crippen molar-refractivity contribution in [2.24, 2.45) is 47.3 Å². The summed E-state index contributed by atoms with van der Waals surface area (Å²) in [5, 5.41) is 0. The lowest BCUT2D eigenvalue weighted by Gasteiger charge is -2.36. The summed E-state index contributed by atoms with van der Waals surface area (Å²) in [5.41, 5.74) is 3.39. The van der Waals surface area contributed by atoms with Crippen LogP contribution in [0.15, 0.2) is 23.3 Å². The van der Waals surface area contributed by atoms with Crippen LogP contribution in [0.2, 0.25) is 0 Å². The predicted molar refractivity (Wildman–Crippen MR) is 188 cm³/mol. The second-order valence-electron chi connectivity index (χ2n) is 16.4. The second-order valence-corrected chi connectivity index (χ2v) is 16.4. The minimum absolute atomic E-state index is 0.939. The van der Waals surface area contributed by atoms with Gasteiger partial charge in [-0.2, -0.15) is 0 Å². The van der Waals surface area contributed by atoms with E-state index in [-0.39, 0.29) is 0 Å². The lowest BCUT2D eigenvalue weighted by atomic mass is 9.70. The lowest BCUT2D eigenvalue weighted by molar-refractivity contribution is 0.135. The van der Waals surface area contributed by atoms with Crippen LogP contribution in [0.1, 0.15) is 182 Å². The first-order valence-corrected chi connectivity index (χ1v) is 20.0. The molecule has 4 aliphatic rings. The Bertz CT molecular complexity index is 726. The van der Waals surface area contributed by atoms with Gasteiger partial charge in [0, 0.05) is 0 Å². The van der Waals surface area contributed by atoms with Crippen molar-refractivity contribution in [1.29, 1.82) is 0 Å². The topological polar surface area (TPSA) is 9.23 Å². The van der Waals surface area contributed by atoms with Gasteiger partial charge in [0.2, 0.25) is 0 Å². The molecule has 4 unspecified atom stereocenters. The van der Waals surface area contributed by atoms with E-state index < -0.39 is 0 Å². The van der Waals surface area contributed by atoms with Gasteiger partial charge in [-0.1, -0.05) is 128 Å². The van der Waals surface area contributed by atoms with Gasteiger partial charge < -0.3 is 4.74 Å². The molecule has 0 radical (unpaired) electrons. The molecule has 0 heterocycles. The highest BCUT2D eigenvalue weighted by Gasteiger charge is 2.30. The third kappa shape index (κ3) is 12.6. The summed E-state index contributed by atoms with van der Waals surface area (Å²) in [6, 6.07) is 0. The Labute approximate surface area is 269 Å². The zero-order valence-electron chi connectivity index (χ0n) is 29.6. The zero-order valence-corrected chi connectivity index (χ0v) is 29.6. The number of hydrogen-bond acceptors (Lipinski definition) is 1. The Morgan fingerprint density at radius 1 is 0.558 bits per heavy atom. The summed E-state index contributed by atoms with van der Waals surface area (Å²) in [7, 11) is 0. The molecule has 0 aromatic rings. The first kappa shape index (κ1) is 35.3. The van der Waals surface area contributed by atoms with Gasteiger partial charge >= 0.3 is 0 Å². The van der Waals surface area contributed by atoms with Crippen molar-refractivity contribution in [3.8, 4) is 0 Å². The van der Waals surface area contributed by atoms with E-state index in [4.69, 9.17) is 4.74 Å². The molecule has 248 valence electrons. The van der Waals surface area contributed by atoms with Crippen molar-refractivity contribution in [2.75, 3.05) is 13.2 Å². The zero-order chi connectivity index (χ0) is 30.3. The number of ether oxygens (including phenoxy) is 1. The van der Waals surface area contributed by atoms with Crippen LogP contribution in [0.3, 0.4) is 0 Å². The molecular formula is C42H74O. The molecule has 0 aromatic heterocycles. The maximum Gasteiger partial charge on any atom is 0.0503 e. The lowest BCUT2D eigenvalue weighted by Crippen LogP contribution is -2.23. The van der Waals surface area contributed by atoms with Crippen molar-refractivity contribution < 1.29 is 4.74 Å². The van der Waals surface area contributed by atoms with E-state index in [1.54, 1.807) is 11.1 Å². The molecule has 1 nitrogen and oxygen atoms in total. The summed E-state index contributed by atoms with van der Waals surface area (Å²) in [6.07, 6.45) is 39.5. The Kier molecular flexibility index (Phi) is 16.3. The molecule has 4 atom stereocenters. The summed E-state index contributed by atoms with van der Waals surface area (Å²) in [4.78, 5) is 0. The van der Waals surface area contributed by atoms with Crippen LogP contribution < -0.4 is 0 Å². The molecule has 0 saturated heterocycles. The van der Waals surface area contributed by atoms with E-state index in [1.807, 2.05) is 0 Å². The van der Waals surface area contributed by atoms with E-state index in [1.165, 1.54) is 154 Å². The Morgan fingerprint density at radius 3 is 1.33 bits per heavy atom. The van der Waals surface area contributed by atoms with E-state index in [2.05, 4.69) is 39.8 Å². The fourth-order valence-electron chi connectivity index (χ4n) is 9.85. The van der Waals surface area contributed by atoms with E-state index in [9.17, 15) is 0 Å². The van der Waals surface area contributed by atoms with E-state index in [0.717, 1.165) is 60.6 Å². The molecule has 0 spiro atoms. The standard InChI is InChI=1S/C42H74O/c1-5-7-33(3)9-11-35-13-21-39(22-14-35)41-25-17-37(18-26-41)29-31-43-32-30-38-19-27-42(28-20-38)40-23-15-36(16-24-40)12-10-34(4)8-6-2/h17,19,33-36,39-42H,5-16,18,20-32H2,1-4H3. The number of hydrogen-bond donors (Lipinski definition) is 0. The van der Waals surface area contributed by atoms with Crippen LogP contribution >= 0.6 is 0 Å². The van der Waals surface area contributed by atoms with Gasteiger partial charge in [0.1, 0.15) is 0 Å². The van der Waals surface area contributed by atoms with Crippen molar-refractivity contribution in [1.82, 2.24) is 0 Å². The largest absolute Gasteiger partial charge is 0.381 e. The van der Waals surface area contributed by atoms with Crippen LogP contribution in [0.5, 0.6) is 0 Å². The maximum absolute atomic E-state index is 6.18. The van der Waals surface area contributed by atoms with Gasteiger partial charge in [-0.15, -0.1) is 0 Å². The smallest absolute Gasteiger partial charge is 0.0503 e. The van der Waals surface area contributed by atoms with Crippen molar-refractivity contribution in [2.45, 2.75) is 182 Å². The van der Waals surface area contributed by atoms with Crippen LogP contribution in [-0.2, 0) is 4.74 Å². The highest BCUT2D eigenvalue weighted by molar-refractivity contribution is 5.08. The maximum atomic E-state index is 6.18. The molecule has 1 heteroatoms. The molecule has 0 amide bonds. The average molecular weight is 595 g/mol. The normalized spacial score (nSPS) is 31.7. The molecule has 4 aliphatic carbocycles. The van der Waals surface area contributed by atoms with E-state index in [0.29, 0.717) is 0 Å². The minimum atomic E-state index is 0.939. The summed E-state index contributed by atoms with van der Waals surface area (Å²) in [5.74, 6) is 7.93. The summed E-state index contributed by atoms with van der Waals surface area (Å²) < 4.78 is 6.18. The van der Waals surface area contributed by atoms with E-state index >= 15 is 0 Å². The Morgan fingerprint density at radius 2 is 0.977 bits per heavy atom. The van der Waals surface area contributed by atoms with Crippen LogP contribution in [0, 0.1) is 47.3 Å². The predicted octanol–water partition coefficient (Wildman–Crippen LogP) is 13.3. The Hall–Kier alpha value is -0.560. The fraction of sp³-hybridized carbons (Fsp3) is 0.905. The third-order valence-electron chi connectivity index (χ3n) is 13.0. The van der Waals surface area contributed by atoms with Gasteiger partial charge in [-0.05, 0) is 124 Å². The number of allylic oxidation sites excluding steroid dienone is 2. The van der Waals surface area contributed by atoms with Crippen molar-refractivity contribution >= 4 is 0 Å². The van der Waals surface area contributed by atoms with Crippen LogP contribution in [-0.4, -0.2) is 13.2 Å². The van der Waals surface area contributed by atoms with Gasteiger partial charge in [0.05, 0.1) is 13.2 Å². The highest BCUT2D eigenvalue weighted by Crippen LogP contribution is 2.43. The molecule has 0 bridgehead atoms. The van der Waals surface area contributed by atoms with Crippen LogP contribution in [0.4, 0.5) is 0 Å². The van der Waals surface area contributed by atoms with Crippen molar-refractivity contribution in [3.05, 3.63) is 23.3 Å². The molecule has 2 saturated carbocycles. The molecule has 0 N–H and O–H groups in total. The molecule has 0 aliphatic heterocycles. The van der Waals surface area contributed by atoms with Gasteiger partial charge in [-0.3, -0.25) is 0 Å². The third-order valence-corrected chi connectivity index (χ3v) is 13.0. The summed E-state index contributed by atoms with van der Waals surface area (Å²) in [6.45, 7) is 11.5. The molecular weight excluding hydrogens is 520 g/mol. The SMILES string of the molecule is CCCC(C)CCC1CCC(C2CC=C(CCOCCC3=CCC(C4CCC(CCC(C)CCC)CC4)CC3)CC2)CC1. The monoisotopic (exact) mass is 595 g/mol. The molecule has 43 heavy (non-hydrogen) atoms. The van der Waals surface area contributed by atoms with Gasteiger partial charge in [0.25, 0.3) is 0 Å². The van der Waals surface area contributed by atoms with Gasteiger partial charge in [0.15, 0.2) is 0 Å². The van der Waals surface area contributed by atoms with Gasteiger partial charge in [-0.25, -0.2) is 0 Å².